The van der Waals surface area contributed by atoms with Crippen molar-refractivity contribution < 1.29 is 9.90 Å². The number of benzene rings is 1. The summed E-state index contributed by atoms with van der Waals surface area (Å²) in [6, 6.07) is 8.03. The Morgan fingerprint density at radius 3 is 2.81 bits per heavy atom. The number of carbonyl (C=O) groups is 1. The maximum absolute atomic E-state index is 12.8. The number of carbonyl (C=O) groups excluding carboxylic acids is 1. The first-order chi connectivity index (χ1) is 13.0. The van der Waals surface area contributed by atoms with Gasteiger partial charge in [-0.05, 0) is 63.0 Å². The molecule has 1 heterocycles. The van der Waals surface area contributed by atoms with E-state index in [0.29, 0.717) is 18.4 Å². The van der Waals surface area contributed by atoms with Crippen LogP contribution >= 0.6 is 0 Å². The summed E-state index contributed by atoms with van der Waals surface area (Å²) in [5, 5.41) is 16.0. The van der Waals surface area contributed by atoms with Gasteiger partial charge in [-0.3, -0.25) is 4.79 Å². The molecule has 2 aromatic rings. The Kier molecular flexibility index (Phi) is 5.08. The molecule has 2 aliphatic rings. The summed E-state index contributed by atoms with van der Waals surface area (Å²) >= 11 is 0. The molecule has 1 aromatic heterocycles. The van der Waals surface area contributed by atoms with Crippen molar-refractivity contribution in [1.29, 1.82) is 0 Å². The van der Waals surface area contributed by atoms with E-state index >= 15 is 0 Å². The number of aliphatic hydroxyl groups is 1. The topological polar surface area (TPSA) is 79.2 Å². The zero-order valence-corrected chi connectivity index (χ0v) is 16.2. The van der Waals surface area contributed by atoms with Gasteiger partial charge in [-0.1, -0.05) is 18.6 Å². The van der Waals surface area contributed by atoms with Gasteiger partial charge in [-0.25, -0.2) is 4.98 Å². The molecule has 6 heteroatoms. The third-order valence-corrected chi connectivity index (χ3v) is 6.34. The molecule has 0 spiro atoms. The molecule has 1 aromatic carbocycles. The Morgan fingerprint density at radius 2 is 2.11 bits per heavy atom. The lowest BCUT2D eigenvalue weighted by molar-refractivity contribution is -0.122. The summed E-state index contributed by atoms with van der Waals surface area (Å²) in [7, 11) is 0. The summed E-state index contributed by atoms with van der Waals surface area (Å²) in [6.45, 7) is 4.51. The molecular weight excluding hydrogens is 340 g/mol. The van der Waals surface area contributed by atoms with Crippen molar-refractivity contribution in [3.63, 3.8) is 0 Å². The second kappa shape index (κ2) is 7.50. The van der Waals surface area contributed by atoms with Crippen molar-refractivity contribution in [1.82, 2.24) is 14.9 Å². The van der Waals surface area contributed by atoms with E-state index in [-0.39, 0.29) is 18.5 Å². The van der Waals surface area contributed by atoms with Crippen molar-refractivity contribution in [2.24, 2.45) is 17.8 Å². The van der Waals surface area contributed by atoms with Crippen LogP contribution in [0.15, 0.2) is 24.3 Å². The molecule has 1 amide bonds. The number of aromatic nitrogens is 2. The fourth-order valence-electron chi connectivity index (χ4n) is 5.07. The minimum absolute atomic E-state index is 0.0218. The molecule has 0 radical (unpaired) electrons. The van der Waals surface area contributed by atoms with Crippen LogP contribution in [0.25, 0.3) is 11.0 Å². The Balaban J connectivity index is 1.46. The molecular formula is C21H30N4O2. The third-order valence-electron chi connectivity index (χ3n) is 6.34. The first kappa shape index (κ1) is 18.3. The van der Waals surface area contributed by atoms with Crippen LogP contribution in [-0.4, -0.2) is 39.3 Å². The molecule has 0 aliphatic heterocycles. The number of anilines is 1. The number of hydrogen-bond donors (Lipinski definition) is 3. The summed E-state index contributed by atoms with van der Waals surface area (Å²) in [5.74, 6) is 2.95. The highest BCUT2D eigenvalue weighted by Crippen LogP contribution is 2.49. The van der Waals surface area contributed by atoms with E-state index in [9.17, 15) is 9.90 Å². The number of nitrogens with zero attached hydrogens (tertiary/aromatic N) is 2. The van der Waals surface area contributed by atoms with Crippen LogP contribution in [-0.2, 0) is 11.3 Å². The minimum Gasteiger partial charge on any atom is -0.392 e. The summed E-state index contributed by atoms with van der Waals surface area (Å²) in [6.07, 6.45) is 4.84. The van der Waals surface area contributed by atoms with Crippen molar-refractivity contribution in [3.8, 4) is 0 Å². The lowest BCUT2D eigenvalue weighted by atomic mass is 9.84. The standard InChI is InChI=1S/C21H30N4O2/c1-13(26)11-22-21-24-18-5-3-4-6-19(18)25(21)12-20(27)23-14(2)17-10-15-7-8-16(17)9-15/h3-6,13-17,26H,7-12H2,1-2H3,(H,22,24)(H,23,27)/t13-,14-,15-,16-,17+/m0/s1. The van der Waals surface area contributed by atoms with Gasteiger partial charge in [-0.15, -0.1) is 0 Å². The van der Waals surface area contributed by atoms with Gasteiger partial charge in [0, 0.05) is 12.6 Å². The lowest BCUT2D eigenvalue weighted by Gasteiger charge is -2.28. The van der Waals surface area contributed by atoms with Crippen molar-refractivity contribution in [3.05, 3.63) is 24.3 Å². The zero-order chi connectivity index (χ0) is 19.0. The molecule has 3 N–H and O–H groups in total. The summed E-state index contributed by atoms with van der Waals surface area (Å²) < 4.78 is 1.90. The predicted octanol–water partition coefficient (Wildman–Crippen LogP) is 2.77. The molecule has 0 unspecified atom stereocenters. The second-order valence-electron chi connectivity index (χ2n) is 8.44. The summed E-state index contributed by atoms with van der Waals surface area (Å²) in [4.78, 5) is 17.4. The Hall–Kier alpha value is -2.08. The molecule has 2 aliphatic carbocycles. The second-order valence-corrected chi connectivity index (χ2v) is 8.44. The van der Waals surface area contributed by atoms with Crippen LogP contribution in [0.5, 0.6) is 0 Å². The van der Waals surface area contributed by atoms with Gasteiger partial charge in [0.05, 0.1) is 17.1 Å². The lowest BCUT2D eigenvalue weighted by Crippen LogP contribution is -2.41. The van der Waals surface area contributed by atoms with Crippen LogP contribution in [0, 0.1) is 17.8 Å². The van der Waals surface area contributed by atoms with Gasteiger partial charge in [-0.2, -0.15) is 0 Å². The van der Waals surface area contributed by atoms with Crippen LogP contribution in [0.1, 0.15) is 39.5 Å². The smallest absolute Gasteiger partial charge is 0.240 e. The largest absolute Gasteiger partial charge is 0.392 e. The maximum Gasteiger partial charge on any atom is 0.240 e. The maximum atomic E-state index is 12.8. The van der Waals surface area contributed by atoms with E-state index in [0.717, 1.165) is 22.9 Å². The number of aliphatic hydroxyl groups excluding tert-OH is 1. The van der Waals surface area contributed by atoms with Gasteiger partial charge in [0.1, 0.15) is 6.54 Å². The van der Waals surface area contributed by atoms with E-state index < -0.39 is 6.10 Å². The average Bonchev–Trinajstić information content (AvgIpc) is 3.34. The highest BCUT2D eigenvalue weighted by molar-refractivity contribution is 5.83. The van der Waals surface area contributed by atoms with Gasteiger partial charge in [0.2, 0.25) is 11.9 Å². The fourth-order valence-corrected chi connectivity index (χ4v) is 5.07. The molecule has 2 saturated carbocycles. The van der Waals surface area contributed by atoms with Crippen molar-refractivity contribution in [2.75, 3.05) is 11.9 Å². The van der Waals surface area contributed by atoms with Crippen molar-refractivity contribution >= 4 is 22.9 Å². The first-order valence-corrected chi connectivity index (χ1v) is 10.2. The molecule has 5 atom stereocenters. The van der Waals surface area contributed by atoms with Crippen LogP contribution in [0.2, 0.25) is 0 Å². The highest BCUT2D eigenvalue weighted by atomic mass is 16.3. The molecule has 0 saturated heterocycles. The van der Waals surface area contributed by atoms with Crippen LogP contribution in [0.3, 0.4) is 0 Å². The number of imidazole rings is 1. The molecule has 4 rings (SSSR count). The number of fused-ring (bicyclic) bond motifs is 3. The van der Waals surface area contributed by atoms with E-state index in [1.54, 1.807) is 6.92 Å². The van der Waals surface area contributed by atoms with E-state index in [4.69, 9.17) is 0 Å². The van der Waals surface area contributed by atoms with Crippen molar-refractivity contribution in [2.45, 2.75) is 58.2 Å². The van der Waals surface area contributed by atoms with E-state index in [1.165, 1.54) is 25.7 Å². The van der Waals surface area contributed by atoms with Gasteiger partial charge in [0.25, 0.3) is 0 Å². The van der Waals surface area contributed by atoms with Crippen LogP contribution < -0.4 is 10.6 Å². The molecule has 146 valence electrons. The number of para-hydroxylation sites is 2. The molecule has 27 heavy (non-hydrogen) atoms. The number of nitrogens with one attached hydrogen (secondary N) is 2. The fraction of sp³-hybridized carbons (Fsp3) is 0.619. The Labute approximate surface area is 160 Å². The monoisotopic (exact) mass is 370 g/mol. The SMILES string of the molecule is C[C@H](O)CNc1nc2ccccc2n1CC(=O)N[C@@H](C)[C@H]1C[C@H]2CC[C@H]1C2. The Morgan fingerprint density at radius 1 is 1.30 bits per heavy atom. The third kappa shape index (κ3) is 3.81. The summed E-state index contributed by atoms with van der Waals surface area (Å²) in [5.41, 5.74) is 1.77. The highest BCUT2D eigenvalue weighted by Gasteiger charge is 2.42. The average molecular weight is 370 g/mol. The van der Waals surface area contributed by atoms with Gasteiger partial charge < -0.3 is 20.3 Å². The number of hydrogen-bond acceptors (Lipinski definition) is 4. The molecule has 2 fully saturated rings. The van der Waals surface area contributed by atoms with Crippen LogP contribution in [0.4, 0.5) is 5.95 Å². The normalized spacial score (nSPS) is 26.3. The van der Waals surface area contributed by atoms with Gasteiger partial charge in [0.15, 0.2) is 0 Å². The Bertz CT molecular complexity index is 816. The van der Waals surface area contributed by atoms with E-state index in [2.05, 4.69) is 22.5 Å². The van der Waals surface area contributed by atoms with Gasteiger partial charge >= 0.3 is 0 Å². The zero-order valence-electron chi connectivity index (χ0n) is 16.2. The minimum atomic E-state index is -0.482. The number of rotatable bonds is 7. The molecule has 6 nitrogen and oxygen atoms in total. The predicted molar refractivity (Wildman–Crippen MR) is 106 cm³/mol. The van der Waals surface area contributed by atoms with E-state index in [1.807, 2.05) is 28.8 Å². The quantitative estimate of drug-likeness (QED) is 0.700. The molecule has 2 bridgehead atoms. The number of amides is 1. The first-order valence-electron chi connectivity index (χ1n) is 10.2.